The predicted molar refractivity (Wildman–Crippen MR) is 76.2 cm³/mol. The van der Waals surface area contributed by atoms with Crippen molar-refractivity contribution in [1.29, 1.82) is 0 Å². The zero-order valence-electron chi connectivity index (χ0n) is 10.6. The highest BCUT2D eigenvalue weighted by Gasteiger charge is 2.24. The Morgan fingerprint density at radius 3 is 2.84 bits per heavy atom. The number of fused-ring (bicyclic) bond motifs is 2. The summed E-state index contributed by atoms with van der Waals surface area (Å²) in [6, 6.07) is 17.0. The summed E-state index contributed by atoms with van der Waals surface area (Å²) in [5.41, 5.74) is 3.86. The van der Waals surface area contributed by atoms with Crippen LogP contribution in [-0.2, 0) is 11.2 Å². The second-order valence-corrected chi connectivity index (χ2v) is 4.99. The Hall–Kier alpha value is -2.06. The molecule has 1 atom stereocenters. The Kier molecular flexibility index (Phi) is 2.42. The summed E-state index contributed by atoms with van der Waals surface area (Å²) in [7, 11) is 0. The number of aromatic amines is 1. The second-order valence-electron chi connectivity index (χ2n) is 4.99. The standard InChI is InChI=1S/C17H15NO/c1-4-8-15-12(5-1)9-10-19-17(15)16-14-7-3-2-6-13(14)11-18-16/h1-8,11,17-18H,9-10H2. The summed E-state index contributed by atoms with van der Waals surface area (Å²) < 4.78 is 6.03. The first-order valence-electron chi connectivity index (χ1n) is 6.69. The van der Waals surface area contributed by atoms with Gasteiger partial charge in [-0.2, -0.15) is 0 Å². The van der Waals surface area contributed by atoms with Crippen LogP contribution in [0.5, 0.6) is 0 Å². The number of hydrogen-bond acceptors (Lipinski definition) is 1. The van der Waals surface area contributed by atoms with Crippen LogP contribution in [-0.4, -0.2) is 11.6 Å². The Labute approximate surface area is 112 Å². The van der Waals surface area contributed by atoms with Gasteiger partial charge in [-0.1, -0.05) is 48.5 Å². The lowest BCUT2D eigenvalue weighted by Gasteiger charge is -2.25. The van der Waals surface area contributed by atoms with E-state index in [4.69, 9.17) is 4.74 Å². The van der Waals surface area contributed by atoms with E-state index >= 15 is 0 Å². The summed E-state index contributed by atoms with van der Waals surface area (Å²) in [6.45, 7) is 0.787. The van der Waals surface area contributed by atoms with Gasteiger partial charge in [-0.25, -0.2) is 0 Å². The lowest BCUT2D eigenvalue weighted by atomic mass is 9.94. The third kappa shape index (κ3) is 1.68. The van der Waals surface area contributed by atoms with Gasteiger partial charge < -0.3 is 9.72 Å². The molecule has 0 radical (unpaired) electrons. The van der Waals surface area contributed by atoms with Gasteiger partial charge in [0.15, 0.2) is 0 Å². The molecule has 3 aromatic rings. The maximum atomic E-state index is 6.03. The van der Waals surface area contributed by atoms with Gasteiger partial charge in [0.1, 0.15) is 6.10 Å². The average molecular weight is 249 g/mol. The molecular weight excluding hydrogens is 234 g/mol. The van der Waals surface area contributed by atoms with E-state index in [1.807, 2.05) is 0 Å². The predicted octanol–water partition coefficient (Wildman–Crippen LogP) is 3.83. The molecular formula is C17H15NO. The number of aromatic nitrogens is 1. The molecule has 1 unspecified atom stereocenters. The largest absolute Gasteiger partial charge is 0.367 e. The molecule has 1 N–H and O–H groups in total. The highest BCUT2D eigenvalue weighted by atomic mass is 16.5. The van der Waals surface area contributed by atoms with Crippen molar-refractivity contribution in [2.75, 3.05) is 6.61 Å². The van der Waals surface area contributed by atoms with Crippen molar-refractivity contribution in [1.82, 2.24) is 4.98 Å². The van der Waals surface area contributed by atoms with Crippen molar-refractivity contribution in [2.45, 2.75) is 12.5 Å². The van der Waals surface area contributed by atoms with Crippen LogP contribution >= 0.6 is 0 Å². The number of H-pyrrole nitrogens is 1. The first kappa shape index (κ1) is 10.8. The molecule has 4 rings (SSSR count). The van der Waals surface area contributed by atoms with Gasteiger partial charge in [-0.3, -0.25) is 0 Å². The van der Waals surface area contributed by atoms with Crippen molar-refractivity contribution in [3.8, 4) is 0 Å². The van der Waals surface area contributed by atoms with Crippen molar-refractivity contribution in [3.63, 3.8) is 0 Å². The molecule has 94 valence electrons. The minimum Gasteiger partial charge on any atom is -0.367 e. The molecule has 2 aromatic carbocycles. The fraction of sp³-hybridized carbons (Fsp3) is 0.176. The summed E-state index contributed by atoms with van der Waals surface area (Å²) in [5, 5.41) is 2.49. The fourth-order valence-electron chi connectivity index (χ4n) is 2.95. The van der Waals surface area contributed by atoms with Crippen LogP contribution in [0.15, 0.2) is 54.7 Å². The Balaban J connectivity index is 1.90. The lowest BCUT2D eigenvalue weighted by Crippen LogP contribution is -2.17. The van der Waals surface area contributed by atoms with E-state index in [0.717, 1.165) is 13.0 Å². The molecule has 2 nitrogen and oxygen atoms in total. The van der Waals surface area contributed by atoms with Gasteiger partial charge in [-0.05, 0) is 22.9 Å². The zero-order valence-corrected chi connectivity index (χ0v) is 10.6. The molecule has 0 bridgehead atoms. The van der Waals surface area contributed by atoms with Crippen molar-refractivity contribution in [3.05, 3.63) is 71.5 Å². The highest BCUT2D eigenvalue weighted by molar-refractivity contribution is 5.85. The van der Waals surface area contributed by atoms with E-state index in [2.05, 4.69) is 59.7 Å². The molecule has 0 spiro atoms. The summed E-state index contributed by atoms with van der Waals surface area (Å²) >= 11 is 0. The van der Waals surface area contributed by atoms with Crippen molar-refractivity contribution < 1.29 is 4.74 Å². The van der Waals surface area contributed by atoms with Crippen LogP contribution in [0.2, 0.25) is 0 Å². The van der Waals surface area contributed by atoms with E-state index in [1.54, 1.807) is 0 Å². The zero-order chi connectivity index (χ0) is 12.7. The lowest BCUT2D eigenvalue weighted by molar-refractivity contribution is 0.0683. The number of nitrogens with one attached hydrogen (secondary N) is 1. The van der Waals surface area contributed by atoms with Crippen molar-refractivity contribution in [2.24, 2.45) is 0 Å². The molecule has 0 saturated heterocycles. The number of ether oxygens (including phenoxy) is 1. The number of hydrogen-bond donors (Lipinski definition) is 1. The van der Waals surface area contributed by atoms with Gasteiger partial charge in [0.05, 0.1) is 12.3 Å². The quantitative estimate of drug-likeness (QED) is 0.696. The van der Waals surface area contributed by atoms with Crippen LogP contribution in [0.3, 0.4) is 0 Å². The van der Waals surface area contributed by atoms with Crippen molar-refractivity contribution >= 4 is 10.8 Å². The van der Waals surface area contributed by atoms with Gasteiger partial charge >= 0.3 is 0 Å². The van der Waals surface area contributed by atoms with E-state index in [9.17, 15) is 0 Å². The monoisotopic (exact) mass is 249 g/mol. The van der Waals surface area contributed by atoms with Crippen LogP contribution < -0.4 is 0 Å². The molecule has 0 aliphatic carbocycles. The molecule has 19 heavy (non-hydrogen) atoms. The number of rotatable bonds is 1. The molecule has 0 fully saturated rings. The summed E-state index contributed by atoms with van der Waals surface area (Å²) in [5.74, 6) is 0. The minimum atomic E-state index is 0.0323. The van der Waals surface area contributed by atoms with Crippen LogP contribution in [0, 0.1) is 0 Å². The molecule has 1 aliphatic heterocycles. The first-order chi connectivity index (χ1) is 9.43. The molecule has 1 aromatic heterocycles. The summed E-state index contributed by atoms with van der Waals surface area (Å²) in [4.78, 5) is 3.40. The third-order valence-corrected chi connectivity index (χ3v) is 3.89. The van der Waals surface area contributed by atoms with Gasteiger partial charge in [0.25, 0.3) is 0 Å². The SMILES string of the molecule is c1ccc2c(c1)CCOC2c1[nH]cc2ccccc12. The Morgan fingerprint density at radius 2 is 1.84 bits per heavy atom. The van der Waals surface area contributed by atoms with Gasteiger partial charge in [-0.15, -0.1) is 0 Å². The molecule has 2 heteroatoms. The molecule has 1 aliphatic rings. The molecule has 0 saturated carbocycles. The topological polar surface area (TPSA) is 25.0 Å². The smallest absolute Gasteiger partial charge is 0.123 e. The minimum absolute atomic E-state index is 0.0323. The van der Waals surface area contributed by atoms with Gasteiger partial charge in [0.2, 0.25) is 0 Å². The molecule has 0 amide bonds. The van der Waals surface area contributed by atoms with E-state index < -0.39 is 0 Å². The van der Waals surface area contributed by atoms with E-state index in [0.29, 0.717) is 0 Å². The third-order valence-electron chi connectivity index (χ3n) is 3.89. The average Bonchev–Trinajstić information content (AvgIpc) is 2.90. The summed E-state index contributed by atoms with van der Waals surface area (Å²) in [6.07, 6.45) is 3.10. The normalized spacial score (nSPS) is 18.4. The Morgan fingerprint density at radius 1 is 1.00 bits per heavy atom. The van der Waals surface area contributed by atoms with Gasteiger partial charge in [0, 0.05) is 11.6 Å². The maximum absolute atomic E-state index is 6.03. The van der Waals surface area contributed by atoms with Crippen LogP contribution in [0.4, 0.5) is 0 Å². The van der Waals surface area contributed by atoms with Crippen LogP contribution in [0.1, 0.15) is 22.9 Å². The van der Waals surface area contributed by atoms with Crippen LogP contribution in [0.25, 0.3) is 10.8 Å². The van der Waals surface area contributed by atoms with E-state index in [1.165, 1.54) is 27.6 Å². The molecule has 2 heterocycles. The van der Waals surface area contributed by atoms with E-state index in [-0.39, 0.29) is 6.10 Å². The second kappa shape index (κ2) is 4.25. The first-order valence-corrected chi connectivity index (χ1v) is 6.69. The maximum Gasteiger partial charge on any atom is 0.123 e. The number of benzene rings is 2. The fourth-order valence-corrected chi connectivity index (χ4v) is 2.95. The Bertz CT molecular complexity index is 729. The highest BCUT2D eigenvalue weighted by Crippen LogP contribution is 2.35.